The van der Waals surface area contributed by atoms with Crippen molar-refractivity contribution in [3.05, 3.63) is 34.5 Å². The second-order valence-electron chi connectivity index (χ2n) is 7.29. The van der Waals surface area contributed by atoms with Crippen molar-refractivity contribution in [1.82, 2.24) is 25.4 Å². The molecule has 2 unspecified atom stereocenters. The first-order chi connectivity index (χ1) is 13.3. The van der Waals surface area contributed by atoms with E-state index in [9.17, 15) is 0 Å². The second-order valence-corrected chi connectivity index (χ2v) is 8.33. The largest absolute Gasteiger partial charge is 0.355 e. The smallest absolute Gasteiger partial charge is 0.191 e. The molecule has 2 heterocycles. The molecule has 2 atom stereocenters. The molecule has 1 aliphatic rings. The predicted molar refractivity (Wildman–Crippen MR) is 112 cm³/mol. The third-order valence-electron chi connectivity index (χ3n) is 5.30. The van der Waals surface area contributed by atoms with Crippen molar-refractivity contribution in [2.24, 2.45) is 10.9 Å². The van der Waals surface area contributed by atoms with Gasteiger partial charge in [0.05, 0.1) is 0 Å². The molecule has 0 bridgehead atoms. The maximum atomic E-state index is 4.85. The van der Waals surface area contributed by atoms with Crippen molar-refractivity contribution >= 4 is 17.3 Å². The number of aromatic nitrogens is 3. The zero-order valence-corrected chi connectivity index (χ0v) is 17.3. The molecule has 3 rings (SSSR count). The van der Waals surface area contributed by atoms with Gasteiger partial charge in [0, 0.05) is 43.4 Å². The van der Waals surface area contributed by atoms with Crippen LogP contribution in [0.1, 0.15) is 50.2 Å². The van der Waals surface area contributed by atoms with Crippen LogP contribution in [0, 0.1) is 5.92 Å². The number of nitrogens with zero attached hydrogens (tertiary/aromatic N) is 4. The summed E-state index contributed by atoms with van der Waals surface area (Å²) in [5, 5.41) is 17.5. The van der Waals surface area contributed by atoms with Crippen molar-refractivity contribution in [1.29, 1.82) is 0 Å². The Morgan fingerprint density at radius 2 is 2.26 bits per heavy atom. The summed E-state index contributed by atoms with van der Waals surface area (Å²) in [7, 11) is 0. The number of aryl methyl sites for hydroxylation is 1. The topological polar surface area (TPSA) is 67.1 Å². The van der Waals surface area contributed by atoms with Gasteiger partial charge in [0.2, 0.25) is 0 Å². The van der Waals surface area contributed by atoms with E-state index < -0.39 is 0 Å². The molecule has 148 valence electrons. The summed E-state index contributed by atoms with van der Waals surface area (Å²) in [6.07, 6.45) is 8.91. The van der Waals surface area contributed by atoms with Gasteiger partial charge in [0.15, 0.2) is 5.96 Å². The molecule has 2 N–H and O–H groups in total. The summed E-state index contributed by atoms with van der Waals surface area (Å²) in [5.74, 6) is 2.67. The van der Waals surface area contributed by atoms with E-state index in [1.807, 2.05) is 6.33 Å². The summed E-state index contributed by atoms with van der Waals surface area (Å²) in [6.45, 7) is 6.94. The number of rotatable bonds is 8. The highest BCUT2D eigenvalue weighted by Crippen LogP contribution is 2.23. The van der Waals surface area contributed by atoms with E-state index in [-0.39, 0.29) is 0 Å². The molecule has 1 aliphatic carbocycles. The number of aliphatic imine (C=N–C) groups is 1. The molecular formula is C20H32N6S. The minimum Gasteiger partial charge on any atom is -0.355 e. The molecule has 0 aliphatic heterocycles. The lowest BCUT2D eigenvalue weighted by Gasteiger charge is -2.31. The van der Waals surface area contributed by atoms with Gasteiger partial charge in [-0.2, -0.15) is 0 Å². The first-order valence-corrected chi connectivity index (χ1v) is 11.1. The molecule has 0 saturated heterocycles. The van der Waals surface area contributed by atoms with Crippen molar-refractivity contribution in [2.45, 2.75) is 65.0 Å². The van der Waals surface area contributed by atoms with Gasteiger partial charge in [-0.15, -0.1) is 21.5 Å². The van der Waals surface area contributed by atoms with E-state index in [2.05, 4.69) is 56.8 Å². The van der Waals surface area contributed by atoms with Crippen LogP contribution in [-0.4, -0.2) is 39.9 Å². The molecule has 1 saturated carbocycles. The van der Waals surface area contributed by atoms with Gasteiger partial charge in [0.25, 0.3) is 0 Å². The van der Waals surface area contributed by atoms with Crippen LogP contribution in [0.4, 0.5) is 0 Å². The highest BCUT2D eigenvalue weighted by molar-refractivity contribution is 7.09. The van der Waals surface area contributed by atoms with Crippen LogP contribution in [-0.2, 0) is 19.4 Å². The maximum absolute atomic E-state index is 4.85. The summed E-state index contributed by atoms with van der Waals surface area (Å²) in [4.78, 5) is 6.24. The van der Waals surface area contributed by atoms with Crippen LogP contribution in [0.2, 0.25) is 0 Å². The molecule has 7 heteroatoms. The van der Waals surface area contributed by atoms with E-state index in [4.69, 9.17) is 4.99 Å². The van der Waals surface area contributed by atoms with Crippen molar-refractivity contribution in [3.8, 4) is 0 Å². The maximum Gasteiger partial charge on any atom is 0.191 e. The normalized spacial score (nSPS) is 20.6. The van der Waals surface area contributed by atoms with Gasteiger partial charge in [-0.1, -0.05) is 32.8 Å². The van der Waals surface area contributed by atoms with E-state index in [1.54, 1.807) is 11.3 Å². The standard InChI is InChI=1S/C20H32N6S/c1-3-19-25-23-15-26(19)13-12-22-20(21-11-10-17-8-6-14-27-17)24-18-9-5-4-7-16(18)2/h6,8,14-16,18H,3-5,7,9-13H2,1-2H3,(H2,21,22,24). The predicted octanol–water partition coefficient (Wildman–Crippen LogP) is 3.26. The van der Waals surface area contributed by atoms with Gasteiger partial charge in [-0.25, -0.2) is 0 Å². The Kier molecular flexibility index (Phi) is 7.68. The summed E-state index contributed by atoms with van der Waals surface area (Å²) >= 11 is 1.80. The fourth-order valence-corrected chi connectivity index (χ4v) is 4.32. The van der Waals surface area contributed by atoms with Gasteiger partial charge < -0.3 is 15.2 Å². The lowest BCUT2D eigenvalue weighted by molar-refractivity contribution is 0.306. The SMILES string of the molecule is CCc1nncn1CCNC(=NCCc1cccs1)NC1CCCCC1C. The highest BCUT2D eigenvalue weighted by Gasteiger charge is 2.22. The third-order valence-corrected chi connectivity index (χ3v) is 6.24. The molecule has 1 fully saturated rings. The number of guanidine groups is 1. The first kappa shape index (κ1) is 19.9. The third kappa shape index (κ3) is 6.06. The van der Waals surface area contributed by atoms with Gasteiger partial charge in [-0.05, 0) is 30.2 Å². The van der Waals surface area contributed by atoms with Crippen LogP contribution in [0.5, 0.6) is 0 Å². The Bertz CT molecular complexity index is 693. The molecule has 27 heavy (non-hydrogen) atoms. The van der Waals surface area contributed by atoms with Crippen LogP contribution >= 0.6 is 11.3 Å². The Labute approximate surface area is 166 Å². The molecule has 0 radical (unpaired) electrons. The molecule has 2 aromatic rings. The average molecular weight is 389 g/mol. The molecule has 6 nitrogen and oxygen atoms in total. The number of nitrogens with one attached hydrogen (secondary N) is 2. The van der Waals surface area contributed by atoms with E-state index in [0.29, 0.717) is 12.0 Å². The molecule has 0 aromatic carbocycles. The monoisotopic (exact) mass is 388 g/mol. The molecule has 2 aromatic heterocycles. The van der Waals surface area contributed by atoms with E-state index >= 15 is 0 Å². The fourth-order valence-electron chi connectivity index (χ4n) is 3.63. The van der Waals surface area contributed by atoms with Crippen molar-refractivity contribution in [3.63, 3.8) is 0 Å². The van der Waals surface area contributed by atoms with Crippen LogP contribution in [0.25, 0.3) is 0 Å². The highest BCUT2D eigenvalue weighted by atomic mass is 32.1. The van der Waals surface area contributed by atoms with E-state index in [0.717, 1.165) is 44.3 Å². The Morgan fingerprint density at radius 1 is 1.37 bits per heavy atom. The Hall–Kier alpha value is -1.89. The van der Waals surface area contributed by atoms with E-state index in [1.165, 1.54) is 30.6 Å². The number of hydrogen-bond acceptors (Lipinski definition) is 4. The van der Waals surface area contributed by atoms with Crippen LogP contribution < -0.4 is 10.6 Å². The first-order valence-electron chi connectivity index (χ1n) is 10.2. The Morgan fingerprint density at radius 3 is 3.04 bits per heavy atom. The van der Waals surface area contributed by atoms with Gasteiger partial charge >= 0.3 is 0 Å². The van der Waals surface area contributed by atoms with Gasteiger partial charge in [0.1, 0.15) is 12.2 Å². The van der Waals surface area contributed by atoms with Crippen LogP contribution in [0.15, 0.2) is 28.8 Å². The molecule has 0 spiro atoms. The summed E-state index contributed by atoms with van der Waals surface area (Å²) < 4.78 is 2.11. The number of thiophene rings is 1. The van der Waals surface area contributed by atoms with Crippen molar-refractivity contribution < 1.29 is 0 Å². The lowest BCUT2D eigenvalue weighted by Crippen LogP contribution is -2.48. The number of hydrogen-bond donors (Lipinski definition) is 2. The Balaban J connectivity index is 1.55. The lowest BCUT2D eigenvalue weighted by atomic mass is 9.86. The zero-order chi connectivity index (χ0) is 18.9. The molecular weight excluding hydrogens is 356 g/mol. The van der Waals surface area contributed by atoms with Crippen LogP contribution in [0.3, 0.4) is 0 Å². The quantitative estimate of drug-likeness (QED) is 0.538. The molecule has 0 amide bonds. The van der Waals surface area contributed by atoms with Crippen molar-refractivity contribution in [2.75, 3.05) is 13.1 Å². The summed E-state index contributed by atoms with van der Waals surface area (Å²) in [6, 6.07) is 4.81. The fraction of sp³-hybridized carbons (Fsp3) is 0.650. The second kappa shape index (κ2) is 10.4. The average Bonchev–Trinajstić information content (AvgIpc) is 3.35. The minimum atomic E-state index is 0.521. The summed E-state index contributed by atoms with van der Waals surface area (Å²) in [5.41, 5.74) is 0. The van der Waals surface area contributed by atoms with Gasteiger partial charge in [-0.3, -0.25) is 4.99 Å². The zero-order valence-electron chi connectivity index (χ0n) is 16.5. The minimum absolute atomic E-state index is 0.521.